The molecule has 0 radical (unpaired) electrons. The molecule has 0 aromatic heterocycles. The van der Waals surface area contributed by atoms with Crippen LogP contribution in [0.3, 0.4) is 0 Å². The third-order valence-electron chi connectivity index (χ3n) is 1.81. The van der Waals surface area contributed by atoms with E-state index in [9.17, 15) is 4.79 Å². The van der Waals surface area contributed by atoms with Crippen molar-refractivity contribution >= 4 is 5.97 Å². The van der Waals surface area contributed by atoms with E-state index in [1.54, 1.807) is 13.8 Å². The topological polar surface area (TPSA) is 81.8 Å². The molecule has 0 rings (SSSR count). The summed E-state index contributed by atoms with van der Waals surface area (Å²) in [7, 11) is 0. The maximum absolute atomic E-state index is 10.0. The van der Waals surface area contributed by atoms with Gasteiger partial charge in [-0.3, -0.25) is 4.79 Å². The zero-order valence-corrected chi connectivity index (χ0v) is 10.9. The highest BCUT2D eigenvalue weighted by Crippen LogP contribution is 1.96. The molecular weight excluding hydrogens is 210 g/mol. The Balaban J connectivity index is 0. The molecule has 0 saturated heterocycles. The third-order valence-corrected chi connectivity index (χ3v) is 1.81. The van der Waals surface area contributed by atoms with Gasteiger partial charge >= 0.3 is 5.97 Å². The molecule has 5 heteroatoms. The number of nitrogens with two attached hydrogens (primary N) is 1. The molecule has 16 heavy (non-hydrogen) atoms. The fraction of sp³-hybridized carbons (Fsp3) is 0.909. The molecule has 0 fully saturated rings. The summed E-state index contributed by atoms with van der Waals surface area (Å²) in [6.07, 6.45) is -0.0370. The van der Waals surface area contributed by atoms with E-state index in [1.807, 2.05) is 20.8 Å². The largest absolute Gasteiger partial charge is 0.480 e. The van der Waals surface area contributed by atoms with Gasteiger partial charge in [0.15, 0.2) is 6.29 Å². The molecule has 3 N–H and O–H groups in total. The summed E-state index contributed by atoms with van der Waals surface area (Å²) >= 11 is 0. The molecule has 98 valence electrons. The van der Waals surface area contributed by atoms with Crippen LogP contribution in [0, 0.1) is 5.92 Å². The van der Waals surface area contributed by atoms with Crippen LogP contribution in [0.1, 0.15) is 34.6 Å². The minimum atomic E-state index is -0.931. The van der Waals surface area contributed by atoms with E-state index in [4.69, 9.17) is 20.3 Å². The van der Waals surface area contributed by atoms with Crippen molar-refractivity contribution in [2.75, 3.05) is 13.2 Å². The average molecular weight is 235 g/mol. The van der Waals surface area contributed by atoms with Crippen LogP contribution in [0.15, 0.2) is 0 Å². The predicted molar refractivity (Wildman–Crippen MR) is 63.2 cm³/mol. The van der Waals surface area contributed by atoms with E-state index >= 15 is 0 Å². The Hall–Kier alpha value is -0.650. The second kappa shape index (κ2) is 10.9. The van der Waals surface area contributed by atoms with Crippen LogP contribution in [0.25, 0.3) is 0 Å². The number of aliphatic carboxylic acids is 1. The molecule has 1 atom stereocenters. The van der Waals surface area contributed by atoms with Gasteiger partial charge in [-0.25, -0.2) is 0 Å². The molecular formula is C11H25NO4. The summed E-state index contributed by atoms with van der Waals surface area (Å²) in [5.74, 6) is -0.910. The standard InChI is InChI=1S/C6H14O2.C5H11NO2/c1-4-7-6(3)8-5-2;1-3(2)4(6)5(7)8/h6H,4-5H2,1-3H3;3-4H,6H2,1-2H3,(H,7,8)/t;4-/m.0/s1. The average Bonchev–Trinajstić information content (AvgIpc) is 2.18. The minimum Gasteiger partial charge on any atom is -0.480 e. The molecule has 0 spiro atoms. The van der Waals surface area contributed by atoms with Gasteiger partial charge in [-0.05, 0) is 26.7 Å². The summed E-state index contributed by atoms with van der Waals surface area (Å²) in [4.78, 5) is 10.0. The Morgan fingerprint density at radius 2 is 1.56 bits per heavy atom. The zero-order chi connectivity index (χ0) is 13.1. The Kier molecular flexibility index (Phi) is 12.0. The quantitative estimate of drug-likeness (QED) is 0.681. The molecule has 0 aromatic rings. The van der Waals surface area contributed by atoms with Crippen molar-refractivity contribution in [3.63, 3.8) is 0 Å². The number of carboxylic acids is 1. The highest BCUT2D eigenvalue weighted by Gasteiger charge is 2.14. The van der Waals surface area contributed by atoms with E-state index < -0.39 is 12.0 Å². The Labute approximate surface area is 97.9 Å². The fourth-order valence-corrected chi connectivity index (χ4v) is 0.803. The van der Waals surface area contributed by atoms with Gasteiger partial charge < -0.3 is 20.3 Å². The summed E-state index contributed by atoms with van der Waals surface area (Å²) in [6.45, 7) is 10.8. The number of hydrogen-bond acceptors (Lipinski definition) is 4. The first kappa shape index (κ1) is 17.7. The van der Waals surface area contributed by atoms with Gasteiger partial charge in [0.25, 0.3) is 0 Å². The SMILES string of the molecule is CC(C)[C@H](N)C(=O)O.CCOC(C)OCC. The molecule has 0 aliphatic rings. The summed E-state index contributed by atoms with van der Waals surface area (Å²) in [6, 6.07) is -0.713. The van der Waals surface area contributed by atoms with Crippen LogP contribution < -0.4 is 5.73 Å². The van der Waals surface area contributed by atoms with Crippen LogP contribution in [0.4, 0.5) is 0 Å². The first-order chi connectivity index (χ1) is 7.36. The normalized spacial score (nSPS) is 12.2. The lowest BCUT2D eigenvalue weighted by molar-refractivity contribution is -0.139. The van der Waals surface area contributed by atoms with Crippen LogP contribution in [0.5, 0.6) is 0 Å². The first-order valence-electron chi connectivity index (χ1n) is 5.58. The molecule has 0 heterocycles. The van der Waals surface area contributed by atoms with Crippen LogP contribution in [-0.2, 0) is 14.3 Å². The maximum atomic E-state index is 10.0. The van der Waals surface area contributed by atoms with E-state index in [0.29, 0.717) is 0 Å². The van der Waals surface area contributed by atoms with Crippen molar-refractivity contribution in [1.29, 1.82) is 0 Å². The molecule has 0 amide bonds. The van der Waals surface area contributed by atoms with Crippen molar-refractivity contribution in [1.82, 2.24) is 0 Å². The van der Waals surface area contributed by atoms with E-state index in [1.165, 1.54) is 0 Å². The molecule has 0 aromatic carbocycles. The van der Waals surface area contributed by atoms with Crippen molar-refractivity contribution in [3.05, 3.63) is 0 Å². The third kappa shape index (κ3) is 11.4. The van der Waals surface area contributed by atoms with Gasteiger partial charge in [-0.2, -0.15) is 0 Å². The Morgan fingerprint density at radius 3 is 1.69 bits per heavy atom. The van der Waals surface area contributed by atoms with Crippen LogP contribution in [0.2, 0.25) is 0 Å². The van der Waals surface area contributed by atoms with Crippen LogP contribution in [-0.4, -0.2) is 36.6 Å². The summed E-state index contributed by atoms with van der Waals surface area (Å²) in [5.41, 5.74) is 5.16. The van der Waals surface area contributed by atoms with Crippen molar-refractivity contribution < 1.29 is 19.4 Å². The number of ether oxygens (including phenoxy) is 2. The Morgan fingerprint density at radius 1 is 1.19 bits per heavy atom. The predicted octanol–water partition coefficient (Wildman–Crippen LogP) is 1.46. The van der Waals surface area contributed by atoms with Crippen molar-refractivity contribution in [3.8, 4) is 0 Å². The summed E-state index contributed by atoms with van der Waals surface area (Å²) < 4.78 is 10.1. The van der Waals surface area contributed by atoms with Crippen molar-refractivity contribution in [2.45, 2.75) is 47.0 Å². The first-order valence-corrected chi connectivity index (χ1v) is 5.58. The smallest absolute Gasteiger partial charge is 0.320 e. The van der Waals surface area contributed by atoms with E-state index in [-0.39, 0.29) is 12.2 Å². The van der Waals surface area contributed by atoms with E-state index in [0.717, 1.165) is 13.2 Å². The number of carbonyl (C=O) groups is 1. The maximum Gasteiger partial charge on any atom is 0.320 e. The van der Waals surface area contributed by atoms with Gasteiger partial charge in [0.05, 0.1) is 0 Å². The zero-order valence-electron chi connectivity index (χ0n) is 10.9. The second-order valence-electron chi connectivity index (χ2n) is 3.59. The van der Waals surface area contributed by atoms with Gasteiger partial charge in [0.1, 0.15) is 6.04 Å². The number of rotatable bonds is 6. The van der Waals surface area contributed by atoms with Crippen molar-refractivity contribution in [2.24, 2.45) is 11.7 Å². The fourth-order valence-electron chi connectivity index (χ4n) is 0.803. The molecule has 0 bridgehead atoms. The van der Waals surface area contributed by atoms with Gasteiger partial charge in [0.2, 0.25) is 0 Å². The molecule has 0 saturated carbocycles. The molecule has 0 aliphatic carbocycles. The van der Waals surface area contributed by atoms with Gasteiger partial charge in [-0.1, -0.05) is 13.8 Å². The number of carboxylic acid groups (broad SMARTS) is 1. The van der Waals surface area contributed by atoms with Crippen LogP contribution >= 0.6 is 0 Å². The molecule has 0 unspecified atom stereocenters. The number of hydrogen-bond donors (Lipinski definition) is 2. The lowest BCUT2D eigenvalue weighted by Gasteiger charge is -2.09. The van der Waals surface area contributed by atoms with Gasteiger partial charge in [0, 0.05) is 13.2 Å². The summed E-state index contributed by atoms with van der Waals surface area (Å²) in [5, 5.41) is 8.23. The molecule has 5 nitrogen and oxygen atoms in total. The Bertz CT molecular complexity index is 167. The molecule has 0 aliphatic heterocycles. The highest BCUT2D eigenvalue weighted by molar-refractivity contribution is 5.73. The second-order valence-corrected chi connectivity index (χ2v) is 3.59. The monoisotopic (exact) mass is 235 g/mol. The van der Waals surface area contributed by atoms with Gasteiger partial charge in [-0.15, -0.1) is 0 Å². The lowest BCUT2D eigenvalue weighted by atomic mass is 10.1. The highest BCUT2D eigenvalue weighted by atomic mass is 16.7. The minimum absolute atomic E-state index is 0.0208. The lowest BCUT2D eigenvalue weighted by Crippen LogP contribution is -2.34. The van der Waals surface area contributed by atoms with E-state index in [2.05, 4.69) is 0 Å².